The van der Waals surface area contributed by atoms with E-state index < -0.39 is 23.7 Å². The Labute approximate surface area is 152 Å². The summed E-state index contributed by atoms with van der Waals surface area (Å²) in [6.07, 6.45) is -0.120. The number of carbonyl (C=O) groups is 2. The number of hydrogen-bond donors (Lipinski definition) is 2. The van der Waals surface area contributed by atoms with Gasteiger partial charge in [-0.15, -0.1) is 10.2 Å². The van der Waals surface area contributed by atoms with E-state index >= 15 is 0 Å². The van der Waals surface area contributed by atoms with Crippen molar-refractivity contribution in [2.24, 2.45) is 0 Å². The number of carbonyl (C=O) groups excluding carboxylic acids is 2. The van der Waals surface area contributed by atoms with Crippen molar-refractivity contribution >= 4 is 12.1 Å². The molecule has 0 aliphatic heterocycles. The highest BCUT2D eigenvalue weighted by Gasteiger charge is 2.24. The van der Waals surface area contributed by atoms with Gasteiger partial charge >= 0.3 is 12.1 Å². The molecule has 0 bridgehead atoms. The number of benzene rings is 1. The number of rotatable bonds is 6. The number of aromatic amines is 1. The van der Waals surface area contributed by atoms with Gasteiger partial charge in [0.1, 0.15) is 5.60 Å². The molecule has 0 unspecified atom stereocenters. The first kappa shape index (κ1) is 19.4. The molecule has 1 heterocycles. The normalized spacial score (nSPS) is 12.3. The summed E-state index contributed by atoms with van der Waals surface area (Å²) in [6, 6.07) is 9.06. The summed E-state index contributed by atoms with van der Waals surface area (Å²) in [7, 11) is 0. The number of esters is 1. The molecule has 8 heteroatoms. The minimum absolute atomic E-state index is 0.00843. The van der Waals surface area contributed by atoms with E-state index in [-0.39, 0.29) is 12.4 Å². The van der Waals surface area contributed by atoms with Crippen LogP contribution in [-0.2, 0) is 15.9 Å². The van der Waals surface area contributed by atoms with Gasteiger partial charge in [0.2, 0.25) is 5.82 Å². The van der Waals surface area contributed by atoms with E-state index in [1.54, 1.807) is 27.7 Å². The van der Waals surface area contributed by atoms with Crippen molar-refractivity contribution in [3.63, 3.8) is 0 Å². The van der Waals surface area contributed by atoms with Gasteiger partial charge in [-0.1, -0.05) is 30.3 Å². The van der Waals surface area contributed by atoms with E-state index in [9.17, 15) is 9.59 Å². The van der Waals surface area contributed by atoms with Gasteiger partial charge < -0.3 is 19.8 Å². The predicted octanol–water partition coefficient (Wildman–Crippen LogP) is 2.79. The molecule has 2 N–H and O–H groups in total. The third-order valence-electron chi connectivity index (χ3n) is 3.28. The van der Waals surface area contributed by atoms with Crippen LogP contribution in [0.25, 0.3) is 0 Å². The summed E-state index contributed by atoms with van der Waals surface area (Å²) in [4.78, 5) is 26.8. The lowest BCUT2D eigenvalue weighted by molar-refractivity contribution is 0.0498. The zero-order valence-electron chi connectivity index (χ0n) is 15.4. The van der Waals surface area contributed by atoms with Gasteiger partial charge in [0.05, 0.1) is 12.6 Å². The maximum atomic E-state index is 12.2. The Morgan fingerprint density at radius 1 is 1.19 bits per heavy atom. The number of H-pyrrole nitrogens is 1. The first-order chi connectivity index (χ1) is 12.3. The lowest BCUT2D eigenvalue weighted by Gasteiger charge is -2.22. The van der Waals surface area contributed by atoms with Crippen LogP contribution in [0.15, 0.2) is 30.3 Å². The molecule has 1 aromatic heterocycles. The number of amides is 1. The third kappa shape index (κ3) is 5.87. The van der Waals surface area contributed by atoms with E-state index in [1.165, 1.54) is 0 Å². The van der Waals surface area contributed by atoms with Crippen molar-refractivity contribution in [1.29, 1.82) is 0 Å². The average Bonchev–Trinajstić information content (AvgIpc) is 3.04. The standard InChI is InChI=1S/C18H24N4O4/c1-5-25-16(23)15-20-14(21-22-15)13(11-12-9-7-6-8-10-12)19-17(24)26-18(2,3)4/h6-10,13H,5,11H2,1-4H3,(H,19,24)(H,20,21,22)/t13-/m0/s1. The second kappa shape index (κ2) is 8.46. The Morgan fingerprint density at radius 2 is 1.88 bits per heavy atom. The Kier molecular flexibility index (Phi) is 6.32. The number of ether oxygens (including phenoxy) is 2. The molecule has 2 rings (SSSR count). The Morgan fingerprint density at radius 3 is 2.50 bits per heavy atom. The summed E-state index contributed by atoms with van der Waals surface area (Å²) in [5, 5.41) is 10.6. The van der Waals surface area contributed by atoms with Gasteiger partial charge in [-0.25, -0.2) is 9.59 Å². The largest absolute Gasteiger partial charge is 0.460 e. The lowest BCUT2D eigenvalue weighted by Crippen LogP contribution is -2.36. The van der Waals surface area contributed by atoms with Crippen LogP contribution in [0, 0.1) is 0 Å². The van der Waals surface area contributed by atoms with Crippen LogP contribution in [-0.4, -0.2) is 39.5 Å². The minimum Gasteiger partial charge on any atom is -0.460 e. The molecule has 0 saturated carbocycles. The highest BCUT2D eigenvalue weighted by atomic mass is 16.6. The quantitative estimate of drug-likeness (QED) is 0.767. The number of nitrogens with zero attached hydrogens (tertiary/aromatic N) is 2. The smallest absolute Gasteiger partial charge is 0.408 e. The molecule has 1 aromatic carbocycles. The molecule has 1 amide bonds. The number of aromatic nitrogens is 3. The fourth-order valence-corrected chi connectivity index (χ4v) is 2.24. The molecule has 0 saturated heterocycles. The molecule has 0 aliphatic carbocycles. The second-order valence-electron chi connectivity index (χ2n) is 6.67. The molecule has 8 nitrogen and oxygen atoms in total. The number of nitrogens with one attached hydrogen (secondary N) is 2. The number of hydrogen-bond acceptors (Lipinski definition) is 6. The molecule has 0 aliphatic rings. The van der Waals surface area contributed by atoms with Crippen molar-refractivity contribution in [2.75, 3.05) is 6.61 Å². The van der Waals surface area contributed by atoms with Crippen LogP contribution in [0.4, 0.5) is 4.79 Å². The van der Waals surface area contributed by atoms with Crippen molar-refractivity contribution in [1.82, 2.24) is 20.5 Å². The highest BCUT2D eigenvalue weighted by molar-refractivity contribution is 5.85. The van der Waals surface area contributed by atoms with Crippen molar-refractivity contribution in [3.05, 3.63) is 47.5 Å². The lowest BCUT2D eigenvalue weighted by atomic mass is 10.1. The molecule has 1 atom stereocenters. The van der Waals surface area contributed by atoms with Crippen LogP contribution in [0.3, 0.4) is 0 Å². The predicted molar refractivity (Wildman–Crippen MR) is 94.6 cm³/mol. The topological polar surface area (TPSA) is 106 Å². The fraction of sp³-hybridized carbons (Fsp3) is 0.444. The molecule has 140 valence electrons. The fourth-order valence-electron chi connectivity index (χ4n) is 2.24. The van der Waals surface area contributed by atoms with Crippen LogP contribution >= 0.6 is 0 Å². The average molecular weight is 360 g/mol. The summed E-state index contributed by atoms with van der Waals surface area (Å²) in [5.41, 5.74) is 0.362. The van der Waals surface area contributed by atoms with E-state index in [2.05, 4.69) is 20.5 Å². The van der Waals surface area contributed by atoms with Gasteiger partial charge in [0.25, 0.3) is 0 Å². The zero-order chi connectivity index (χ0) is 19.2. The van der Waals surface area contributed by atoms with Crippen molar-refractivity contribution < 1.29 is 19.1 Å². The highest BCUT2D eigenvalue weighted by Crippen LogP contribution is 2.17. The molecular weight excluding hydrogens is 336 g/mol. The SMILES string of the molecule is CCOC(=O)c1nnc([C@H](Cc2ccccc2)NC(=O)OC(C)(C)C)[nH]1. The molecular formula is C18H24N4O4. The maximum absolute atomic E-state index is 12.2. The second-order valence-corrected chi connectivity index (χ2v) is 6.67. The summed E-state index contributed by atoms with van der Waals surface area (Å²) >= 11 is 0. The Balaban J connectivity index is 2.20. The van der Waals surface area contributed by atoms with Gasteiger partial charge in [-0.2, -0.15) is 0 Å². The molecule has 0 fully saturated rings. The van der Waals surface area contributed by atoms with Crippen LogP contribution in [0.2, 0.25) is 0 Å². The first-order valence-electron chi connectivity index (χ1n) is 8.41. The summed E-state index contributed by atoms with van der Waals surface area (Å²) in [5.74, 6) is -0.254. The van der Waals surface area contributed by atoms with Gasteiger partial charge in [-0.05, 0) is 33.3 Å². The van der Waals surface area contributed by atoms with Crippen molar-refractivity contribution in [2.45, 2.75) is 45.8 Å². The molecule has 26 heavy (non-hydrogen) atoms. The van der Waals surface area contributed by atoms with Gasteiger partial charge in [0.15, 0.2) is 5.82 Å². The molecule has 0 radical (unpaired) electrons. The van der Waals surface area contributed by atoms with E-state index in [0.717, 1.165) is 5.56 Å². The van der Waals surface area contributed by atoms with Gasteiger partial charge in [-0.3, -0.25) is 0 Å². The Hall–Kier alpha value is -2.90. The van der Waals surface area contributed by atoms with E-state index in [4.69, 9.17) is 9.47 Å². The first-order valence-corrected chi connectivity index (χ1v) is 8.41. The van der Waals surface area contributed by atoms with Crippen LogP contribution in [0.5, 0.6) is 0 Å². The third-order valence-corrected chi connectivity index (χ3v) is 3.28. The van der Waals surface area contributed by atoms with Crippen LogP contribution < -0.4 is 5.32 Å². The zero-order valence-corrected chi connectivity index (χ0v) is 15.4. The van der Waals surface area contributed by atoms with Crippen LogP contribution in [0.1, 0.15) is 55.7 Å². The maximum Gasteiger partial charge on any atom is 0.408 e. The molecule has 2 aromatic rings. The monoisotopic (exact) mass is 360 g/mol. The Bertz CT molecular complexity index is 737. The minimum atomic E-state index is -0.626. The molecule has 0 spiro atoms. The summed E-state index contributed by atoms with van der Waals surface area (Å²) in [6.45, 7) is 7.29. The summed E-state index contributed by atoms with van der Waals surface area (Å²) < 4.78 is 10.2. The van der Waals surface area contributed by atoms with E-state index in [0.29, 0.717) is 12.2 Å². The van der Waals surface area contributed by atoms with Gasteiger partial charge in [0, 0.05) is 6.42 Å². The number of alkyl carbamates (subject to hydrolysis) is 1. The van der Waals surface area contributed by atoms with Crippen molar-refractivity contribution in [3.8, 4) is 0 Å². The van der Waals surface area contributed by atoms with E-state index in [1.807, 2.05) is 30.3 Å².